The normalized spacial score (nSPS) is 18.3. The molecule has 0 spiro atoms. The molecule has 0 radical (unpaired) electrons. The standard InChI is InChI=1S/C13H14ClF3N2O2/c14-9-1-2-10(19-8-9)7-12(3-5-18-6-4-12)21-11(20)13(15,16)17/h1-2,8,18H,3-7H2. The van der Waals surface area contributed by atoms with Gasteiger partial charge in [-0.2, -0.15) is 13.2 Å². The molecule has 1 fully saturated rings. The van der Waals surface area contributed by atoms with Crippen molar-refractivity contribution in [3.8, 4) is 0 Å². The number of hydrogen-bond donors (Lipinski definition) is 1. The van der Waals surface area contributed by atoms with E-state index in [0.29, 0.717) is 36.6 Å². The van der Waals surface area contributed by atoms with Crippen LogP contribution in [-0.4, -0.2) is 35.8 Å². The van der Waals surface area contributed by atoms with E-state index in [-0.39, 0.29) is 6.42 Å². The number of nitrogens with one attached hydrogen (secondary N) is 1. The summed E-state index contributed by atoms with van der Waals surface area (Å²) in [5.41, 5.74) is -0.644. The summed E-state index contributed by atoms with van der Waals surface area (Å²) in [4.78, 5) is 15.2. The maximum Gasteiger partial charge on any atom is 0.490 e. The molecule has 0 saturated carbocycles. The zero-order valence-corrected chi connectivity index (χ0v) is 11.8. The predicted molar refractivity (Wildman–Crippen MR) is 69.9 cm³/mol. The summed E-state index contributed by atoms with van der Waals surface area (Å²) >= 11 is 5.73. The quantitative estimate of drug-likeness (QED) is 0.869. The summed E-state index contributed by atoms with van der Waals surface area (Å²) < 4.78 is 42.1. The Balaban J connectivity index is 2.16. The van der Waals surface area contributed by atoms with Gasteiger partial charge in [-0.3, -0.25) is 4.98 Å². The predicted octanol–water partition coefficient (Wildman–Crippen LogP) is 2.51. The second-order valence-electron chi connectivity index (χ2n) is 4.96. The lowest BCUT2D eigenvalue weighted by Crippen LogP contribution is -2.49. The van der Waals surface area contributed by atoms with Crippen molar-refractivity contribution in [3.63, 3.8) is 0 Å². The van der Waals surface area contributed by atoms with Crippen molar-refractivity contribution in [1.29, 1.82) is 0 Å². The van der Waals surface area contributed by atoms with Gasteiger partial charge in [0.2, 0.25) is 0 Å². The van der Waals surface area contributed by atoms with Crippen molar-refractivity contribution in [2.75, 3.05) is 13.1 Å². The lowest BCUT2D eigenvalue weighted by molar-refractivity contribution is -0.216. The topological polar surface area (TPSA) is 51.2 Å². The Morgan fingerprint density at radius 2 is 2.05 bits per heavy atom. The summed E-state index contributed by atoms with van der Waals surface area (Å²) in [6, 6.07) is 3.22. The molecule has 0 aromatic carbocycles. The molecule has 2 heterocycles. The van der Waals surface area contributed by atoms with Crippen LogP contribution in [0.5, 0.6) is 0 Å². The van der Waals surface area contributed by atoms with Crippen LogP contribution < -0.4 is 5.32 Å². The number of rotatable bonds is 3. The summed E-state index contributed by atoms with van der Waals surface area (Å²) in [5, 5.41) is 3.47. The average Bonchev–Trinajstić information content (AvgIpc) is 2.41. The van der Waals surface area contributed by atoms with Crippen LogP contribution in [0.25, 0.3) is 0 Å². The highest BCUT2D eigenvalue weighted by Crippen LogP contribution is 2.31. The molecule has 0 amide bonds. The van der Waals surface area contributed by atoms with Crippen LogP contribution in [0, 0.1) is 0 Å². The van der Waals surface area contributed by atoms with Crippen LogP contribution in [0.15, 0.2) is 18.3 Å². The van der Waals surface area contributed by atoms with Gasteiger partial charge in [0.1, 0.15) is 5.60 Å². The zero-order valence-electron chi connectivity index (χ0n) is 11.0. The van der Waals surface area contributed by atoms with E-state index in [1.54, 1.807) is 12.1 Å². The number of alkyl halides is 3. The molecule has 1 aromatic heterocycles. The van der Waals surface area contributed by atoms with Crippen molar-refractivity contribution in [1.82, 2.24) is 10.3 Å². The first-order valence-electron chi connectivity index (χ1n) is 6.42. The monoisotopic (exact) mass is 322 g/mol. The van der Waals surface area contributed by atoms with Crippen LogP contribution >= 0.6 is 11.6 Å². The first-order valence-corrected chi connectivity index (χ1v) is 6.80. The second-order valence-corrected chi connectivity index (χ2v) is 5.40. The van der Waals surface area contributed by atoms with E-state index in [2.05, 4.69) is 10.3 Å². The highest BCUT2D eigenvalue weighted by atomic mass is 35.5. The smallest absolute Gasteiger partial charge is 0.452 e. The Kier molecular flexibility index (Phi) is 4.73. The van der Waals surface area contributed by atoms with E-state index in [0.717, 1.165) is 0 Å². The number of carbonyl (C=O) groups excluding carboxylic acids is 1. The maximum absolute atomic E-state index is 12.4. The van der Waals surface area contributed by atoms with Crippen molar-refractivity contribution in [3.05, 3.63) is 29.0 Å². The van der Waals surface area contributed by atoms with Gasteiger partial charge in [-0.05, 0) is 25.2 Å². The first kappa shape index (κ1) is 16.0. The third kappa shape index (κ3) is 4.31. The summed E-state index contributed by atoms with van der Waals surface area (Å²) in [7, 11) is 0. The molecule has 1 aromatic rings. The van der Waals surface area contributed by atoms with Crippen molar-refractivity contribution < 1.29 is 22.7 Å². The molecule has 4 nitrogen and oxygen atoms in total. The fraction of sp³-hybridized carbons (Fsp3) is 0.538. The van der Waals surface area contributed by atoms with E-state index < -0.39 is 17.7 Å². The molecule has 0 aliphatic carbocycles. The van der Waals surface area contributed by atoms with Crippen LogP contribution in [0.2, 0.25) is 5.02 Å². The molecule has 1 saturated heterocycles. The summed E-state index contributed by atoms with van der Waals surface area (Å²) in [5.74, 6) is -2.15. The number of esters is 1. The Hall–Kier alpha value is -1.34. The van der Waals surface area contributed by atoms with Gasteiger partial charge in [-0.15, -0.1) is 0 Å². The minimum Gasteiger partial charge on any atom is -0.452 e. The molecule has 0 bridgehead atoms. The van der Waals surface area contributed by atoms with Crippen LogP contribution in [0.3, 0.4) is 0 Å². The Labute approximate surface area is 124 Å². The van der Waals surface area contributed by atoms with Gasteiger partial charge in [-0.25, -0.2) is 4.79 Å². The van der Waals surface area contributed by atoms with E-state index in [1.165, 1.54) is 6.20 Å². The third-order valence-electron chi connectivity index (χ3n) is 3.35. The van der Waals surface area contributed by atoms with E-state index in [4.69, 9.17) is 16.3 Å². The largest absolute Gasteiger partial charge is 0.490 e. The number of ether oxygens (including phenoxy) is 1. The molecule has 1 aliphatic rings. The third-order valence-corrected chi connectivity index (χ3v) is 3.57. The van der Waals surface area contributed by atoms with E-state index in [9.17, 15) is 18.0 Å². The molecular formula is C13H14ClF3N2O2. The van der Waals surface area contributed by atoms with E-state index >= 15 is 0 Å². The lowest BCUT2D eigenvalue weighted by atomic mass is 9.87. The van der Waals surface area contributed by atoms with Crippen molar-refractivity contribution >= 4 is 17.6 Å². The van der Waals surface area contributed by atoms with Gasteiger partial charge >= 0.3 is 12.1 Å². The SMILES string of the molecule is O=C(OC1(Cc2ccc(Cl)cn2)CCNCC1)C(F)(F)F. The van der Waals surface area contributed by atoms with Crippen molar-refractivity contribution in [2.24, 2.45) is 0 Å². The number of nitrogens with zero attached hydrogens (tertiary/aromatic N) is 1. The Morgan fingerprint density at radius 3 is 2.57 bits per heavy atom. The van der Waals surface area contributed by atoms with Gasteiger partial charge in [0, 0.05) is 31.2 Å². The molecule has 2 rings (SSSR count). The number of halogens is 4. The number of carbonyl (C=O) groups is 1. The lowest BCUT2D eigenvalue weighted by Gasteiger charge is -2.37. The number of piperidine rings is 1. The maximum atomic E-state index is 12.4. The van der Waals surface area contributed by atoms with Gasteiger partial charge < -0.3 is 10.1 Å². The van der Waals surface area contributed by atoms with Crippen LogP contribution in [0.4, 0.5) is 13.2 Å². The fourth-order valence-corrected chi connectivity index (χ4v) is 2.40. The molecule has 21 heavy (non-hydrogen) atoms. The molecule has 0 unspecified atom stereocenters. The van der Waals surface area contributed by atoms with Crippen LogP contribution in [0.1, 0.15) is 18.5 Å². The minimum atomic E-state index is -4.99. The highest BCUT2D eigenvalue weighted by Gasteiger charge is 2.47. The molecule has 116 valence electrons. The molecule has 8 heteroatoms. The van der Waals surface area contributed by atoms with Crippen molar-refractivity contribution in [2.45, 2.75) is 31.0 Å². The molecule has 1 N–H and O–H groups in total. The van der Waals surface area contributed by atoms with Gasteiger partial charge in [0.25, 0.3) is 0 Å². The summed E-state index contributed by atoms with van der Waals surface area (Å²) in [6.07, 6.45) is -2.84. The summed E-state index contributed by atoms with van der Waals surface area (Å²) in [6.45, 7) is 0.970. The number of hydrogen-bond acceptors (Lipinski definition) is 4. The molecule has 0 atom stereocenters. The van der Waals surface area contributed by atoms with Gasteiger partial charge in [-0.1, -0.05) is 11.6 Å². The second kappa shape index (κ2) is 6.19. The van der Waals surface area contributed by atoms with Gasteiger partial charge in [0.05, 0.1) is 5.02 Å². The van der Waals surface area contributed by atoms with E-state index in [1.807, 2.05) is 0 Å². The Morgan fingerprint density at radius 1 is 1.38 bits per heavy atom. The Bertz CT molecular complexity index is 499. The minimum absolute atomic E-state index is 0.133. The zero-order chi connectivity index (χ0) is 15.5. The molecule has 1 aliphatic heterocycles. The number of pyridine rings is 1. The van der Waals surface area contributed by atoms with Crippen LogP contribution in [-0.2, 0) is 16.0 Å². The number of aromatic nitrogens is 1. The highest BCUT2D eigenvalue weighted by molar-refractivity contribution is 6.30. The molecular weight excluding hydrogens is 309 g/mol. The fourth-order valence-electron chi connectivity index (χ4n) is 2.29. The average molecular weight is 323 g/mol. The van der Waals surface area contributed by atoms with Gasteiger partial charge in [0.15, 0.2) is 0 Å². The first-order chi connectivity index (χ1) is 9.81.